The van der Waals surface area contributed by atoms with Crippen molar-refractivity contribution in [3.05, 3.63) is 83.4 Å². The molecular weight excluding hydrogens is 450 g/mol. The van der Waals surface area contributed by atoms with Crippen molar-refractivity contribution in [2.75, 3.05) is 17.9 Å². The second kappa shape index (κ2) is 9.42. The molecule has 0 unspecified atom stereocenters. The number of halogens is 1. The molecule has 32 heavy (non-hydrogen) atoms. The number of ether oxygens (including phenoxy) is 2. The number of nitrogens with zero attached hydrogens (tertiary/aromatic N) is 2. The third kappa shape index (κ3) is 4.92. The molecule has 1 heterocycles. The Balaban J connectivity index is 1.60. The van der Waals surface area contributed by atoms with Crippen LogP contribution in [0, 0.1) is 6.92 Å². The van der Waals surface area contributed by atoms with E-state index in [9.17, 15) is 8.42 Å². The van der Waals surface area contributed by atoms with Gasteiger partial charge in [-0.2, -0.15) is 0 Å². The van der Waals surface area contributed by atoms with Crippen LogP contribution >= 0.6 is 11.6 Å². The van der Waals surface area contributed by atoms with Crippen LogP contribution in [0.5, 0.6) is 11.6 Å². The van der Waals surface area contributed by atoms with Crippen LogP contribution in [0.25, 0.3) is 11.0 Å². The van der Waals surface area contributed by atoms with Gasteiger partial charge in [-0.1, -0.05) is 48.0 Å². The average molecular weight is 470 g/mol. The smallest absolute Gasteiger partial charge is 0.263 e. The number of para-hydroxylation sites is 3. The van der Waals surface area contributed by atoms with Gasteiger partial charge >= 0.3 is 0 Å². The predicted octanol–water partition coefficient (Wildman–Crippen LogP) is 4.85. The van der Waals surface area contributed by atoms with E-state index < -0.39 is 10.0 Å². The number of nitrogens with one attached hydrogen (secondary N) is 1. The molecule has 9 heteroatoms. The highest BCUT2D eigenvalue weighted by Gasteiger charge is 2.22. The zero-order valence-electron chi connectivity index (χ0n) is 17.2. The Morgan fingerprint density at radius 2 is 1.50 bits per heavy atom. The van der Waals surface area contributed by atoms with Gasteiger partial charge in [-0.15, -0.1) is 0 Å². The molecule has 0 atom stereocenters. The Morgan fingerprint density at radius 3 is 2.25 bits per heavy atom. The van der Waals surface area contributed by atoms with Crippen molar-refractivity contribution >= 4 is 38.5 Å². The molecule has 0 amide bonds. The number of hydrogen-bond acceptors (Lipinski definition) is 6. The molecule has 1 aromatic heterocycles. The molecular formula is C23H20ClN3O4S. The van der Waals surface area contributed by atoms with Crippen molar-refractivity contribution in [2.24, 2.45) is 0 Å². The fourth-order valence-corrected chi connectivity index (χ4v) is 4.53. The summed E-state index contributed by atoms with van der Waals surface area (Å²) in [4.78, 5) is 8.92. The molecule has 7 nitrogen and oxygen atoms in total. The lowest BCUT2D eigenvalue weighted by Crippen LogP contribution is -2.18. The van der Waals surface area contributed by atoms with E-state index >= 15 is 0 Å². The number of fused-ring (bicyclic) bond motifs is 1. The van der Waals surface area contributed by atoms with E-state index in [1.54, 1.807) is 37.3 Å². The van der Waals surface area contributed by atoms with E-state index in [1.165, 1.54) is 6.07 Å². The summed E-state index contributed by atoms with van der Waals surface area (Å²) in [6.07, 6.45) is 0. The lowest BCUT2D eigenvalue weighted by Gasteiger charge is -2.14. The van der Waals surface area contributed by atoms with Crippen LogP contribution in [0.2, 0.25) is 5.02 Å². The van der Waals surface area contributed by atoms with Crippen LogP contribution in [0.3, 0.4) is 0 Å². The quantitative estimate of drug-likeness (QED) is 0.371. The second-order valence-electron chi connectivity index (χ2n) is 6.84. The van der Waals surface area contributed by atoms with E-state index in [4.69, 9.17) is 21.1 Å². The molecule has 0 radical (unpaired) electrons. The Bertz CT molecular complexity index is 1350. The van der Waals surface area contributed by atoms with E-state index in [-0.39, 0.29) is 29.8 Å². The SMILES string of the molecule is Cc1c(Cl)cccc1S(=O)(=O)Nc1nc2ccccc2nc1OCCOc1ccccc1. The van der Waals surface area contributed by atoms with Gasteiger partial charge in [0.25, 0.3) is 15.9 Å². The Kier molecular flexibility index (Phi) is 6.43. The van der Waals surface area contributed by atoms with E-state index in [1.807, 2.05) is 36.4 Å². The van der Waals surface area contributed by atoms with Gasteiger partial charge in [-0.3, -0.25) is 4.72 Å². The van der Waals surface area contributed by atoms with Gasteiger partial charge in [0.2, 0.25) is 5.82 Å². The standard InChI is InChI=1S/C23H20ClN3O4S/c1-16-18(24)10-7-13-21(16)32(28,29)27-22-23(26-20-12-6-5-11-19(20)25-22)31-15-14-30-17-8-3-2-4-9-17/h2-13H,14-15H2,1H3,(H,25,27). The van der Waals surface area contributed by atoms with Crippen molar-refractivity contribution in [1.29, 1.82) is 0 Å². The molecule has 0 bridgehead atoms. The Morgan fingerprint density at radius 1 is 0.844 bits per heavy atom. The molecule has 0 saturated heterocycles. The van der Waals surface area contributed by atoms with Gasteiger partial charge in [-0.25, -0.2) is 18.4 Å². The van der Waals surface area contributed by atoms with Crippen LogP contribution < -0.4 is 14.2 Å². The average Bonchev–Trinajstić information content (AvgIpc) is 2.79. The maximum atomic E-state index is 13.1. The molecule has 0 saturated carbocycles. The van der Waals surface area contributed by atoms with Crippen LogP contribution in [0.1, 0.15) is 5.56 Å². The summed E-state index contributed by atoms with van der Waals surface area (Å²) < 4.78 is 40.0. The second-order valence-corrected chi connectivity index (χ2v) is 8.90. The monoisotopic (exact) mass is 469 g/mol. The van der Waals surface area contributed by atoms with E-state index in [0.717, 1.165) is 0 Å². The fourth-order valence-electron chi connectivity index (χ4n) is 3.03. The van der Waals surface area contributed by atoms with Crippen molar-refractivity contribution in [3.8, 4) is 11.6 Å². The zero-order valence-corrected chi connectivity index (χ0v) is 18.7. The van der Waals surface area contributed by atoms with Crippen LogP contribution in [-0.4, -0.2) is 31.6 Å². The van der Waals surface area contributed by atoms with E-state index in [0.29, 0.717) is 27.4 Å². The van der Waals surface area contributed by atoms with Gasteiger partial charge in [0.15, 0.2) is 0 Å². The lowest BCUT2D eigenvalue weighted by molar-refractivity contribution is 0.213. The normalized spacial score (nSPS) is 11.3. The summed E-state index contributed by atoms with van der Waals surface area (Å²) >= 11 is 6.11. The summed E-state index contributed by atoms with van der Waals surface area (Å²) in [6.45, 7) is 2.03. The first-order valence-electron chi connectivity index (χ1n) is 9.79. The summed E-state index contributed by atoms with van der Waals surface area (Å²) in [5.74, 6) is 0.754. The summed E-state index contributed by atoms with van der Waals surface area (Å²) in [5.41, 5.74) is 1.54. The van der Waals surface area contributed by atoms with Crippen molar-refractivity contribution in [3.63, 3.8) is 0 Å². The minimum absolute atomic E-state index is 0.0113. The first-order chi connectivity index (χ1) is 15.4. The Labute approximate surface area is 191 Å². The molecule has 4 rings (SSSR count). The Hall–Kier alpha value is -3.36. The highest BCUT2D eigenvalue weighted by atomic mass is 35.5. The zero-order chi connectivity index (χ0) is 22.6. The highest BCUT2D eigenvalue weighted by Crippen LogP contribution is 2.28. The van der Waals surface area contributed by atoms with Crippen LogP contribution in [0.4, 0.5) is 5.82 Å². The van der Waals surface area contributed by atoms with Crippen LogP contribution in [-0.2, 0) is 10.0 Å². The van der Waals surface area contributed by atoms with Gasteiger partial charge in [-0.05, 0) is 48.9 Å². The predicted molar refractivity (Wildman–Crippen MR) is 124 cm³/mol. The number of sulfonamides is 1. The minimum Gasteiger partial charge on any atom is -0.490 e. The van der Waals surface area contributed by atoms with Crippen molar-refractivity contribution in [1.82, 2.24) is 9.97 Å². The number of anilines is 1. The first-order valence-corrected chi connectivity index (χ1v) is 11.7. The molecule has 1 N–H and O–H groups in total. The largest absolute Gasteiger partial charge is 0.490 e. The number of rotatable bonds is 8. The van der Waals surface area contributed by atoms with Gasteiger partial charge < -0.3 is 9.47 Å². The maximum absolute atomic E-state index is 13.1. The molecule has 0 aliphatic rings. The van der Waals surface area contributed by atoms with E-state index in [2.05, 4.69) is 14.7 Å². The first kappa shape index (κ1) is 21.9. The molecule has 0 fully saturated rings. The molecule has 0 spiro atoms. The molecule has 0 aliphatic heterocycles. The van der Waals surface area contributed by atoms with Gasteiger partial charge in [0.1, 0.15) is 19.0 Å². The van der Waals surface area contributed by atoms with Crippen molar-refractivity contribution < 1.29 is 17.9 Å². The summed E-state index contributed by atoms with van der Waals surface area (Å²) in [5, 5.41) is 0.354. The lowest BCUT2D eigenvalue weighted by atomic mass is 10.2. The molecule has 3 aromatic carbocycles. The molecule has 0 aliphatic carbocycles. The van der Waals surface area contributed by atoms with Gasteiger partial charge in [0, 0.05) is 5.02 Å². The molecule has 164 valence electrons. The number of aromatic nitrogens is 2. The molecule has 4 aromatic rings. The van der Waals surface area contributed by atoms with Crippen LogP contribution in [0.15, 0.2) is 77.7 Å². The summed E-state index contributed by atoms with van der Waals surface area (Å²) in [7, 11) is -3.98. The van der Waals surface area contributed by atoms with Crippen molar-refractivity contribution in [2.45, 2.75) is 11.8 Å². The fraction of sp³-hybridized carbons (Fsp3) is 0.130. The number of benzene rings is 3. The minimum atomic E-state index is -3.98. The maximum Gasteiger partial charge on any atom is 0.263 e. The third-order valence-electron chi connectivity index (χ3n) is 4.61. The highest BCUT2D eigenvalue weighted by molar-refractivity contribution is 7.92. The topological polar surface area (TPSA) is 90.4 Å². The summed E-state index contributed by atoms with van der Waals surface area (Å²) in [6, 6.07) is 21.1. The van der Waals surface area contributed by atoms with Gasteiger partial charge in [0.05, 0.1) is 15.9 Å². The third-order valence-corrected chi connectivity index (χ3v) is 6.50. The number of hydrogen-bond donors (Lipinski definition) is 1.